The van der Waals surface area contributed by atoms with Crippen molar-refractivity contribution in [2.24, 2.45) is 0 Å². The number of imide groups is 1. The van der Waals surface area contributed by atoms with E-state index in [-0.39, 0.29) is 23.4 Å². The molecule has 0 radical (unpaired) electrons. The smallest absolute Gasteiger partial charge is 0.338 e. The van der Waals surface area contributed by atoms with Gasteiger partial charge in [0.15, 0.2) is 0 Å². The molecule has 0 unspecified atom stereocenters. The molecule has 0 saturated heterocycles. The Balaban J connectivity index is 1.78. The average molecular weight is 399 g/mol. The Morgan fingerprint density at radius 1 is 1.07 bits per heavy atom. The van der Waals surface area contributed by atoms with Gasteiger partial charge in [-0.3, -0.25) is 14.5 Å². The summed E-state index contributed by atoms with van der Waals surface area (Å²) in [5, 5.41) is 2.68. The monoisotopic (exact) mass is 398 g/mol. The predicted molar refractivity (Wildman–Crippen MR) is 105 cm³/mol. The lowest BCUT2D eigenvalue weighted by Crippen LogP contribution is -2.31. The van der Waals surface area contributed by atoms with Gasteiger partial charge in [0.25, 0.3) is 11.8 Å². The molecule has 0 fully saturated rings. The number of rotatable bonds is 6. The van der Waals surface area contributed by atoms with Crippen LogP contribution in [0.1, 0.15) is 29.8 Å². The van der Waals surface area contributed by atoms with Gasteiger partial charge in [-0.2, -0.15) is 0 Å². The zero-order chi connectivity index (χ0) is 20.3. The number of nitrogens with zero attached hydrogens (tertiary/aromatic N) is 1. The summed E-state index contributed by atoms with van der Waals surface area (Å²) in [7, 11) is 0. The van der Waals surface area contributed by atoms with E-state index in [1.807, 2.05) is 30.3 Å². The highest BCUT2D eigenvalue weighted by Gasteiger charge is 2.37. The number of nitrogens with one attached hydrogen (secondary N) is 1. The summed E-state index contributed by atoms with van der Waals surface area (Å²) in [5.74, 6) is -1.55. The zero-order valence-electron chi connectivity index (χ0n) is 15.4. The van der Waals surface area contributed by atoms with Gasteiger partial charge in [0.05, 0.1) is 18.2 Å². The van der Waals surface area contributed by atoms with Crippen molar-refractivity contribution in [3.63, 3.8) is 0 Å². The lowest BCUT2D eigenvalue weighted by molar-refractivity contribution is -0.138. The molecule has 0 spiro atoms. The molecule has 2 aromatic carbocycles. The minimum Gasteiger partial charge on any atom is -0.459 e. The van der Waals surface area contributed by atoms with Gasteiger partial charge in [0.2, 0.25) is 0 Å². The van der Waals surface area contributed by atoms with Crippen LogP contribution in [0.25, 0.3) is 0 Å². The average Bonchev–Trinajstić information content (AvgIpc) is 2.87. The van der Waals surface area contributed by atoms with Crippen molar-refractivity contribution in [2.45, 2.75) is 26.5 Å². The lowest BCUT2D eigenvalue weighted by Gasteiger charge is -2.15. The third kappa shape index (κ3) is 4.23. The molecule has 0 atom stereocenters. The summed E-state index contributed by atoms with van der Waals surface area (Å²) in [4.78, 5) is 38.3. The van der Waals surface area contributed by atoms with E-state index in [0.717, 1.165) is 10.5 Å². The van der Waals surface area contributed by atoms with Gasteiger partial charge < -0.3 is 10.1 Å². The van der Waals surface area contributed by atoms with E-state index in [1.165, 1.54) is 0 Å². The number of hydrogen-bond acceptors (Lipinski definition) is 5. The van der Waals surface area contributed by atoms with Crippen molar-refractivity contribution in [1.82, 2.24) is 4.90 Å². The molecule has 0 bridgehead atoms. The second-order valence-corrected chi connectivity index (χ2v) is 6.91. The number of ether oxygens (including phenoxy) is 1. The minimum atomic E-state index is -0.562. The molecule has 28 heavy (non-hydrogen) atoms. The molecule has 7 heteroatoms. The summed E-state index contributed by atoms with van der Waals surface area (Å²) in [6, 6.07) is 15.6. The molecule has 1 aliphatic rings. The quantitative estimate of drug-likeness (QED) is 0.593. The summed E-state index contributed by atoms with van der Waals surface area (Å²) >= 11 is 6.12. The number of anilines is 1. The number of carbonyl (C=O) groups excluding carboxylic acids is 3. The summed E-state index contributed by atoms with van der Waals surface area (Å²) in [6.45, 7) is 3.64. The Hall–Kier alpha value is -3.12. The molecule has 0 saturated carbocycles. The van der Waals surface area contributed by atoms with E-state index in [2.05, 4.69) is 5.32 Å². The Morgan fingerprint density at radius 3 is 2.46 bits per heavy atom. The number of esters is 1. The molecule has 6 nitrogen and oxygen atoms in total. The summed E-state index contributed by atoms with van der Waals surface area (Å²) in [6.07, 6.45) is -0.248. The Bertz CT molecular complexity index is 954. The zero-order valence-corrected chi connectivity index (χ0v) is 16.2. The van der Waals surface area contributed by atoms with Crippen LogP contribution < -0.4 is 5.32 Å². The molecular formula is C21H19ClN2O4. The van der Waals surface area contributed by atoms with Crippen molar-refractivity contribution in [1.29, 1.82) is 0 Å². The molecule has 144 valence electrons. The van der Waals surface area contributed by atoms with Crippen LogP contribution in [0.15, 0.2) is 65.3 Å². The van der Waals surface area contributed by atoms with Crippen LogP contribution in [0.2, 0.25) is 0 Å². The van der Waals surface area contributed by atoms with E-state index < -0.39 is 17.8 Å². The van der Waals surface area contributed by atoms with Gasteiger partial charge >= 0.3 is 5.97 Å². The molecule has 2 aromatic rings. The van der Waals surface area contributed by atoms with Gasteiger partial charge in [-0.25, -0.2) is 4.79 Å². The number of carbonyl (C=O) groups is 3. The first-order valence-electron chi connectivity index (χ1n) is 8.74. The molecule has 1 N–H and O–H groups in total. The van der Waals surface area contributed by atoms with Crippen molar-refractivity contribution < 1.29 is 19.1 Å². The van der Waals surface area contributed by atoms with E-state index >= 15 is 0 Å². The highest BCUT2D eigenvalue weighted by Crippen LogP contribution is 2.27. The van der Waals surface area contributed by atoms with E-state index in [1.54, 1.807) is 38.1 Å². The second-order valence-electron chi connectivity index (χ2n) is 6.53. The van der Waals surface area contributed by atoms with Crippen molar-refractivity contribution in [2.75, 3.05) is 5.32 Å². The molecule has 0 aromatic heterocycles. The maximum Gasteiger partial charge on any atom is 0.338 e. The van der Waals surface area contributed by atoms with Gasteiger partial charge in [-0.15, -0.1) is 0 Å². The first kappa shape index (κ1) is 19.6. The van der Waals surface area contributed by atoms with E-state index in [4.69, 9.17) is 16.3 Å². The maximum atomic E-state index is 12.7. The number of hydrogen-bond donors (Lipinski definition) is 1. The Kier molecular flexibility index (Phi) is 5.80. The fourth-order valence-corrected chi connectivity index (χ4v) is 2.94. The van der Waals surface area contributed by atoms with E-state index in [9.17, 15) is 14.4 Å². The molecule has 1 aliphatic heterocycles. The van der Waals surface area contributed by atoms with Gasteiger partial charge in [0.1, 0.15) is 10.7 Å². The van der Waals surface area contributed by atoms with Crippen LogP contribution >= 0.6 is 11.6 Å². The Morgan fingerprint density at radius 2 is 1.79 bits per heavy atom. The summed E-state index contributed by atoms with van der Waals surface area (Å²) in [5.41, 5.74) is 1.58. The highest BCUT2D eigenvalue weighted by atomic mass is 35.5. The summed E-state index contributed by atoms with van der Waals surface area (Å²) < 4.78 is 5.17. The number of benzene rings is 2. The third-order valence-corrected chi connectivity index (χ3v) is 4.36. The van der Waals surface area contributed by atoms with Gasteiger partial charge in [-0.05, 0) is 37.6 Å². The van der Waals surface area contributed by atoms with E-state index in [0.29, 0.717) is 11.3 Å². The number of amides is 2. The van der Waals surface area contributed by atoms with Crippen LogP contribution in [0.4, 0.5) is 5.69 Å². The first-order chi connectivity index (χ1) is 13.4. The van der Waals surface area contributed by atoms with Crippen molar-refractivity contribution in [3.05, 3.63) is 76.5 Å². The third-order valence-electron chi connectivity index (χ3n) is 4.01. The fraction of sp³-hybridized carbons (Fsp3) is 0.190. The maximum absolute atomic E-state index is 12.7. The second kappa shape index (κ2) is 8.27. The van der Waals surface area contributed by atoms with Gasteiger partial charge in [-0.1, -0.05) is 48.0 Å². The number of halogens is 1. The fourth-order valence-electron chi connectivity index (χ4n) is 2.71. The van der Waals surface area contributed by atoms with Crippen molar-refractivity contribution >= 4 is 35.1 Å². The molecule has 1 heterocycles. The van der Waals surface area contributed by atoms with Crippen LogP contribution in [0, 0.1) is 0 Å². The topological polar surface area (TPSA) is 75.7 Å². The standard InChI is InChI=1S/C21H19ClN2O4/c1-13(2)28-21(27)15-9-6-10-16(11-15)23-18-17(22)19(25)24(20(18)26)12-14-7-4-3-5-8-14/h3-11,13,23H,12H2,1-2H3. The SMILES string of the molecule is CC(C)OC(=O)c1cccc(NC2=C(Cl)C(=O)N(Cc3ccccc3)C2=O)c1. The van der Waals surface area contributed by atoms with Crippen LogP contribution in [-0.4, -0.2) is 28.8 Å². The lowest BCUT2D eigenvalue weighted by atomic mass is 10.2. The predicted octanol–water partition coefficient (Wildman–Crippen LogP) is 3.68. The van der Waals surface area contributed by atoms with Crippen LogP contribution in [0.3, 0.4) is 0 Å². The largest absolute Gasteiger partial charge is 0.459 e. The molecule has 2 amide bonds. The van der Waals surface area contributed by atoms with Crippen LogP contribution in [-0.2, 0) is 20.9 Å². The minimum absolute atomic E-state index is 0.0167. The highest BCUT2D eigenvalue weighted by molar-refractivity contribution is 6.48. The molecule has 0 aliphatic carbocycles. The van der Waals surface area contributed by atoms with Crippen molar-refractivity contribution in [3.8, 4) is 0 Å². The first-order valence-corrected chi connectivity index (χ1v) is 9.12. The van der Waals surface area contributed by atoms with Crippen LogP contribution in [0.5, 0.6) is 0 Å². The normalized spacial score (nSPS) is 14.1. The molecule has 3 rings (SSSR count). The molecular weight excluding hydrogens is 380 g/mol. The van der Waals surface area contributed by atoms with Gasteiger partial charge in [0, 0.05) is 5.69 Å². The Labute approximate surface area is 167 Å².